The number of nitrogens with zero attached hydrogens (tertiary/aromatic N) is 1. The van der Waals surface area contributed by atoms with Crippen LogP contribution in [0.3, 0.4) is 0 Å². The highest BCUT2D eigenvalue weighted by molar-refractivity contribution is 5.56. The van der Waals surface area contributed by atoms with Crippen molar-refractivity contribution in [3.8, 4) is 0 Å². The predicted molar refractivity (Wildman–Crippen MR) is 58.1 cm³/mol. The molecule has 4 heteroatoms. The Morgan fingerprint density at radius 1 is 1.64 bits per heavy atom. The molecule has 0 aromatic rings. The summed E-state index contributed by atoms with van der Waals surface area (Å²) in [5, 5.41) is 3.01. The van der Waals surface area contributed by atoms with E-state index in [-0.39, 0.29) is 0 Å². The van der Waals surface area contributed by atoms with Gasteiger partial charge in [-0.15, -0.1) is 0 Å². The molecule has 0 radical (unpaired) electrons. The molecule has 0 rings (SSSR count). The van der Waals surface area contributed by atoms with E-state index >= 15 is 0 Å². The molecule has 0 aromatic heterocycles. The quantitative estimate of drug-likeness (QED) is 0.213. The highest BCUT2D eigenvalue weighted by Gasteiger charge is 2.04. The van der Waals surface area contributed by atoms with Gasteiger partial charge in [-0.3, -0.25) is 4.99 Å². The van der Waals surface area contributed by atoms with E-state index in [9.17, 15) is 0 Å². The third-order valence-corrected chi connectivity index (χ3v) is 1.96. The lowest BCUT2D eigenvalue weighted by Crippen LogP contribution is -2.16. The summed E-state index contributed by atoms with van der Waals surface area (Å²) in [6, 6.07) is 0. The summed E-state index contributed by atoms with van der Waals surface area (Å²) in [7, 11) is 3.24. The highest BCUT2D eigenvalue weighted by Crippen LogP contribution is 2.11. The van der Waals surface area contributed by atoms with E-state index in [0.717, 1.165) is 18.5 Å². The maximum atomic E-state index is 4.77. The van der Waals surface area contributed by atoms with Crippen LogP contribution in [-0.2, 0) is 9.78 Å². The van der Waals surface area contributed by atoms with Gasteiger partial charge in [-0.2, -0.15) is 0 Å². The highest BCUT2D eigenvalue weighted by atomic mass is 17.2. The van der Waals surface area contributed by atoms with Crippen molar-refractivity contribution in [1.82, 2.24) is 5.32 Å². The Bertz CT molecular complexity index is 181. The van der Waals surface area contributed by atoms with Crippen LogP contribution in [0.25, 0.3) is 0 Å². The molecule has 0 fully saturated rings. The van der Waals surface area contributed by atoms with Gasteiger partial charge in [-0.25, -0.2) is 9.78 Å². The molecule has 0 aliphatic rings. The van der Waals surface area contributed by atoms with Crippen molar-refractivity contribution in [3.63, 3.8) is 0 Å². The summed E-state index contributed by atoms with van der Waals surface area (Å²) in [5.41, 5.74) is 0.980. The topological polar surface area (TPSA) is 42.9 Å². The lowest BCUT2D eigenvalue weighted by atomic mass is 10.0. The molecular formula is C10H20N2O2. The Balaban J connectivity index is 3.51. The Morgan fingerprint density at radius 3 is 2.93 bits per heavy atom. The molecule has 0 spiro atoms. The fraction of sp³-hybridized carbons (Fsp3) is 0.700. The smallest absolute Gasteiger partial charge is 0.0861 e. The van der Waals surface area contributed by atoms with Crippen LogP contribution < -0.4 is 5.32 Å². The Morgan fingerprint density at radius 2 is 2.36 bits per heavy atom. The zero-order valence-electron chi connectivity index (χ0n) is 9.25. The second-order valence-corrected chi connectivity index (χ2v) is 3.09. The maximum absolute atomic E-state index is 4.77. The molecule has 0 heterocycles. The van der Waals surface area contributed by atoms with Crippen molar-refractivity contribution in [2.75, 3.05) is 20.8 Å². The van der Waals surface area contributed by atoms with Gasteiger partial charge < -0.3 is 5.32 Å². The van der Waals surface area contributed by atoms with E-state index in [1.54, 1.807) is 13.4 Å². The first-order valence-corrected chi connectivity index (χ1v) is 4.74. The average molecular weight is 200 g/mol. The van der Waals surface area contributed by atoms with Gasteiger partial charge in [0.1, 0.15) is 0 Å². The fourth-order valence-electron chi connectivity index (χ4n) is 0.996. The number of nitrogens with one attached hydrogen (secondary N) is 1. The number of aliphatic imine (C=N–C) groups is 1. The molecule has 0 aliphatic heterocycles. The van der Waals surface area contributed by atoms with Crippen LogP contribution in [-0.4, -0.2) is 27.1 Å². The molecule has 0 aliphatic carbocycles. The molecule has 82 valence electrons. The van der Waals surface area contributed by atoms with E-state index in [4.69, 9.17) is 4.89 Å². The third kappa shape index (κ3) is 6.62. The Kier molecular flexibility index (Phi) is 8.17. The van der Waals surface area contributed by atoms with Gasteiger partial charge in [-0.05, 0) is 18.8 Å². The van der Waals surface area contributed by atoms with E-state index in [2.05, 4.69) is 28.7 Å². The summed E-state index contributed by atoms with van der Waals surface area (Å²) in [4.78, 5) is 13.1. The van der Waals surface area contributed by atoms with E-state index < -0.39 is 0 Å². The first kappa shape index (κ1) is 13.1. The van der Waals surface area contributed by atoms with E-state index in [0.29, 0.717) is 12.5 Å². The van der Waals surface area contributed by atoms with Crippen molar-refractivity contribution < 1.29 is 9.78 Å². The number of hydrogen-bond donors (Lipinski definition) is 1. The molecular weight excluding hydrogens is 180 g/mol. The van der Waals surface area contributed by atoms with Gasteiger partial charge in [-0.1, -0.05) is 13.5 Å². The molecule has 0 bridgehead atoms. The summed E-state index contributed by atoms with van der Waals surface area (Å²) in [5.74, 6) is 0.411. The third-order valence-electron chi connectivity index (χ3n) is 1.96. The molecule has 0 saturated carbocycles. The Hall–Kier alpha value is -0.870. The zero-order chi connectivity index (χ0) is 10.8. The normalized spacial score (nSPS) is 13.1. The van der Waals surface area contributed by atoms with Gasteiger partial charge in [0.25, 0.3) is 0 Å². The SMILES string of the molecule is C=C(NC=NC)C(C)CCCOOC. The van der Waals surface area contributed by atoms with E-state index in [1.807, 2.05) is 0 Å². The van der Waals surface area contributed by atoms with Crippen LogP contribution in [0.1, 0.15) is 19.8 Å². The van der Waals surface area contributed by atoms with Crippen molar-refractivity contribution >= 4 is 6.34 Å². The molecule has 4 nitrogen and oxygen atoms in total. The van der Waals surface area contributed by atoms with E-state index in [1.165, 1.54) is 7.11 Å². The summed E-state index contributed by atoms with van der Waals surface area (Å²) in [6.45, 7) is 6.65. The van der Waals surface area contributed by atoms with Crippen LogP contribution in [0.15, 0.2) is 17.3 Å². The Labute approximate surface area is 85.9 Å². The minimum absolute atomic E-state index is 0.411. The molecule has 14 heavy (non-hydrogen) atoms. The molecule has 0 amide bonds. The van der Waals surface area contributed by atoms with Crippen molar-refractivity contribution in [2.45, 2.75) is 19.8 Å². The van der Waals surface area contributed by atoms with Crippen molar-refractivity contribution in [1.29, 1.82) is 0 Å². The molecule has 0 aromatic carbocycles. The molecule has 0 saturated heterocycles. The monoisotopic (exact) mass is 200 g/mol. The summed E-state index contributed by atoms with van der Waals surface area (Å²) >= 11 is 0. The summed E-state index contributed by atoms with van der Waals surface area (Å²) in [6.07, 6.45) is 3.62. The molecule has 1 N–H and O–H groups in total. The first-order valence-electron chi connectivity index (χ1n) is 4.74. The minimum atomic E-state index is 0.411. The minimum Gasteiger partial charge on any atom is -0.351 e. The van der Waals surface area contributed by atoms with Crippen LogP contribution >= 0.6 is 0 Å². The van der Waals surface area contributed by atoms with Crippen LogP contribution in [0.4, 0.5) is 0 Å². The van der Waals surface area contributed by atoms with Crippen LogP contribution in [0, 0.1) is 5.92 Å². The first-order chi connectivity index (χ1) is 6.72. The van der Waals surface area contributed by atoms with Crippen LogP contribution in [0.2, 0.25) is 0 Å². The van der Waals surface area contributed by atoms with Gasteiger partial charge in [0, 0.05) is 12.7 Å². The van der Waals surface area contributed by atoms with Gasteiger partial charge >= 0.3 is 0 Å². The average Bonchev–Trinajstić information content (AvgIpc) is 2.20. The predicted octanol–water partition coefficient (Wildman–Crippen LogP) is 1.74. The van der Waals surface area contributed by atoms with Gasteiger partial charge in [0.05, 0.1) is 20.1 Å². The maximum Gasteiger partial charge on any atom is 0.0861 e. The van der Waals surface area contributed by atoms with Gasteiger partial charge in [0.15, 0.2) is 0 Å². The largest absolute Gasteiger partial charge is 0.351 e. The van der Waals surface area contributed by atoms with Crippen molar-refractivity contribution in [3.05, 3.63) is 12.3 Å². The number of hydrogen-bond acceptors (Lipinski definition) is 3. The van der Waals surface area contributed by atoms with Crippen LogP contribution in [0.5, 0.6) is 0 Å². The number of rotatable bonds is 8. The number of allylic oxidation sites excluding steroid dienone is 1. The summed E-state index contributed by atoms with van der Waals surface area (Å²) < 4.78 is 0. The second kappa shape index (κ2) is 8.72. The standard InChI is InChI=1S/C10H20N2O2/c1-9(6-5-7-14-13-4)10(2)12-8-11-3/h8-9H,2,5-7H2,1,3-4H3,(H,11,12). The van der Waals surface area contributed by atoms with Crippen molar-refractivity contribution in [2.24, 2.45) is 10.9 Å². The lowest BCUT2D eigenvalue weighted by Gasteiger charge is -2.13. The second-order valence-electron chi connectivity index (χ2n) is 3.09. The zero-order valence-corrected chi connectivity index (χ0v) is 9.25. The fourth-order valence-corrected chi connectivity index (χ4v) is 0.996. The lowest BCUT2D eigenvalue weighted by molar-refractivity contribution is -0.272. The van der Waals surface area contributed by atoms with Gasteiger partial charge in [0.2, 0.25) is 0 Å². The molecule has 1 atom stereocenters. The molecule has 1 unspecified atom stereocenters.